The van der Waals surface area contributed by atoms with Gasteiger partial charge in [0.25, 0.3) is 0 Å². The van der Waals surface area contributed by atoms with Crippen LogP contribution in [0.4, 0.5) is 0 Å². The van der Waals surface area contributed by atoms with Gasteiger partial charge in [-0.15, -0.1) is 0 Å². The normalized spacial score (nSPS) is 31.2. The molecule has 3 unspecified atom stereocenters. The van der Waals surface area contributed by atoms with Crippen LogP contribution in [-0.2, 0) is 4.79 Å². The number of piperidine rings is 1. The molecule has 1 amide bonds. The lowest BCUT2D eigenvalue weighted by molar-refractivity contribution is -0.140. The lowest BCUT2D eigenvalue weighted by Gasteiger charge is -2.39. The summed E-state index contributed by atoms with van der Waals surface area (Å²) in [5.41, 5.74) is 7.91. The molecule has 3 atom stereocenters. The number of carbonyl (C=O) groups excluding carboxylic acids is 1. The van der Waals surface area contributed by atoms with Crippen LogP contribution in [0, 0.1) is 11.8 Å². The minimum absolute atomic E-state index is 0.0698. The van der Waals surface area contributed by atoms with Crippen molar-refractivity contribution < 1.29 is 4.79 Å². The summed E-state index contributed by atoms with van der Waals surface area (Å²) in [6, 6.07) is 4.59. The minimum Gasteiger partial charge on any atom is -0.335 e. The fourth-order valence-electron chi connectivity index (χ4n) is 5.02. The molecule has 5 nitrogen and oxygen atoms in total. The molecule has 0 radical (unpaired) electrons. The molecule has 1 aliphatic carbocycles. The quantitative estimate of drug-likeness (QED) is 0.887. The van der Waals surface area contributed by atoms with E-state index in [-0.39, 0.29) is 12.0 Å². The average molecular weight is 342 g/mol. The van der Waals surface area contributed by atoms with Crippen LogP contribution in [0.15, 0.2) is 24.5 Å². The SMILES string of the molecule is O=C(C1CNNC1C1CCCCC1)N1CCCCC1c1cccnc1. The summed E-state index contributed by atoms with van der Waals surface area (Å²) in [6.45, 7) is 1.64. The molecule has 136 valence electrons. The average Bonchev–Trinajstić information content (AvgIpc) is 3.19. The number of carbonyl (C=O) groups is 1. The zero-order valence-corrected chi connectivity index (χ0v) is 15.0. The molecule has 4 rings (SSSR count). The van der Waals surface area contributed by atoms with E-state index in [0.29, 0.717) is 17.9 Å². The Balaban J connectivity index is 1.51. The van der Waals surface area contributed by atoms with Crippen LogP contribution < -0.4 is 10.9 Å². The van der Waals surface area contributed by atoms with Gasteiger partial charge in [0.1, 0.15) is 0 Å². The molecule has 2 saturated heterocycles. The Morgan fingerprint density at radius 3 is 2.76 bits per heavy atom. The zero-order chi connectivity index (χ0) is 17.1. The summed E-state index contributed by atoms with van der Waals surface area (Å²) in [4.78, 5) is 19.9. The minimum atomic E-state index is 0.0698. The van der Waals surface area contributed by atoms with Crippen LogP contribution in [0.3, 0.4) is 0 Å². The van der Waals surface area contributed by atoms with Crippen LogP contribution in [0.5, 0.6) is 0 Å². The largest absolute Gasteiger partial charge is 0.335 e. The van der Waals surface area contributed by atoms with Crippen molar-refractivity contribution in [2.75, 3.05) is 13.1 Å². The molecule has 3 fully saturated rings. The van der Waals surface area contributed by atoms with E-state index in [4.69, 9.17) is 0 Å². The van der Waals surface area contributed by atoms with E-state index in [0.717, 1.165) is 25.9 Å². The van der Waals surface area contributed by atoms with Gasteiger partial charge < -0.3 is 4.90 Å². The van der Waals surface area contributed by atoms with Crippen LogP contribution >= 0.6 is 0 Å². The summed E-state index contributed by atoms with van der Waals surface area (Å²) in [7, 11) is 0. The predicted octanol–water partition coefficient (Wildman–Crippen LogP) is 2.81. The van der Waals surface area contributed by atoms with Crippen LogP contribution in [0.25, 0.3) is 0 Å². The van der Waals surface area contributed by atoms with Gasteiger partial charge in [-0.25, -0.2) is 0 Å². The molecule has 3 aliphatic rings. The highest BCUT2D eigenvalue weighted by Crippen LogP contribution is 2.35. The van der Waals surface area contributed by atoms with Crippen molar-refractivity contribution in [3.63, 3.8) is 0 Å². The Hall–Kier alpha value is -1.46. The topological polar surface area (TPSA) is 57.3 Å². The molecule has 5 heteroatoms. The van der Waals surface area contributed by atoms with Gasteiger partial charge in [0, 0.05) is 31.5 Å². The Labute approximate surface area is 150 Å². The van der Waals surface area contributed by atoms with Crippen LogP contribution in [0.1, 0.15) is 63.0 Å². The van der Waals surface area contributed by atoms with E-state index in [1.807, 2.05) is 18.5 Å². The molecule has 3 heterocycles. The maximum absolute atomic E-state index is 13.5. The van der Waals surface area contributed by atoms with Crippen molar-refractivity contribution in [1.82, 2.24) is 20.7 Å². The number of rotatable bonds is 3. The number of nitrogens with zero attached hydrogens (tertiary/aromatic N) is 2. The fourth-order valence-corrected chi connectivity index (χ4v) is 5.02. The molecule has 0 bridgehead atoms. The first kappa shape index (κ1) is 17.0. The molecule has 0 aromatic carbocycles. The highest BCUT2D eigenvalue weighted by Gasteiger charge is 2.42. The molecular weight excluding hydrogens is 312 g/mol. The number of hydrogen-bond acceptors (Lipinski definition) is 4. The highest BCUT2D eigenvalue weighted by atomic mass is 16.2. The van der Waals surface area contributed by atoms with Gasteiger partial charge in [0.2, 0.25) is 5.91 Å². The Morgan fingerprint density at radius 1 is 1.12 bits per heavy atom. The van der Waals surface area contributed by atoms with Crippen molar-refractivity contribution in [3.8, 4) is 0 Å². The Bertz CT molecular complexity index is 572. The Morgan fingerprint density at radius 2 is 1.96 bits per heavy atom. The fraction of sp³-hybridized carbons (Fsp3) is 0.700. The number of nitrogens with one attached hydrogen (secondary N) is 2. The van der Waals surface area contributed by atoms with E-state index in [9.17, 15) is 4.79 Å². The first-order valence-electron chi connectivity index (χ1n) is 10.0. The monoisotopic (exact) mass is 342 g/mol. The molecule has 2 N–H and O–H groups in total. The second kappa shape index (κ2) is 7.83. The maximum atomic E-state index is 13.5. The summed E-state index contributed by atoms with van der Waals surface area (Å²) in [5, 5.41) is 0. The van der Waals surface area contributed by atoms with Gasteiger partial charge in [-0.2, -0.15) is 0 Å². The molecule has 1 saturated carbocycles. The van der Waals surface area contributed by atoms with E-state index in [2.05, 4.69) is 26.8 Å². The molecule has 1 aromatic heterocycles. The van der Waals surface area contributed by atoms with Gasteiger partial charge >= 0.3 is 0 Å². The summed E-state index contributed by atoms with van der Waals surface area (Å²) in [5.74, 6) is 1.04. The van der Waals surface area contributed by atoms with Gasteiger partial charge in [0.15, 0.2) is 0 Å². The summed E-state index contributed by atoms with van der Waals surface area (Å²) < 4.78 is 0. The highest BCUT2D eigenvalue weighted by molar-refractivity contribution is 5.81. The van der Waals surface area contributed by atoms with Crippen LogP contribution in [-0.4, -0.2) is 34.9 Å². The first-order chi connectivity index (χ1) is 12.3. The van der Waals surface area contributed by atoms with Gasteiger partial charge in [-0.05, 0) is 49.7 Å². The third kappa shape index (κ3) is 3.58. The number of hydrazine groups is 1. The van der Waals surface area contributed by atoms with Crippen molar-refractivity contribution in [1.29, 1.82) is 0 Å². The van der Waals surface area contributed by atoms with E-state index >= 15 is 0 Å². The second-order valence-corrected chi connectivity index (χ2v) is 7.89. The molecular formula is C20H30N4O. The first-order valence-corrected chi connectivity index (χ1v) is 10.0. The zero-order valence-electron chi connectivity index (χ0n) is 15.0. The molecule has 25 heavy (non-hydrogen) atoms. The van der Waals surface area contributed by atoms with Crippen molar-refractivity contribution >= 4 is 5.91 Å². The van der Waals surface area contributed by atoms with Gasteiger partial charge in [-0.1, -0.05) is 25.3 Å². The van der Waals surface area contributed by atoms with Crippen molar-refractivity contribution in [2.45, 2.75) is 63.5 Å². The third-order valence-corrected chi connectivity index (χ3v) is 6.35. The van der Waals surface area contributed by atoms with Crippen LogP contribution in [0.2, 0.25) is 0 Å². The lowest BCUT2D eigenvalue weighted by atomic mass is 9.79. The maximum Gasteiger partial charge on any atom is 0.229 e. The van der Waals surface area contributed by atoms with E-state index in [1.165, 1.54) is 44.1 Å². The number of pyridine rings is 1. The van der Waals surface area contributed by atoms with Crippen molar-refractivity contribution in [3.05, 3.63) is 30.1 Å². The number of hydrogen-bond donors (Lipinski definition) is 2. The van der Waals surface area contributed by atoms with Gasteiger partial charge in [0.05, 0.1) is 12.0 Å². The van der Waals surface area contributed by atoms with Gasteiger partial charge in [-0.3, -0.25) is 20.6 Å². The smallest absolute Gasteiger partial charge is 0.229 e. The third-order valence-electron chi connectivity index (χ3n) is 6.35. The molecule has 2 aliphatic heterocycles. The standard InChI is InChI=1S/C20H30N4O/c25-20(17-14-22-23-19(17)15-7-2-1-3-8-15)24-12-5-4-10-18(24)16-9-6-11-21-13-16/h6,9,11,13,15,17-19,22-23H,1-5,7-8,10,12,14H2. The second-order valence-electron chi connectivity index (χ2n) is 7.89. The van der Waals surface area contributed by atoms with Crippen molar-refractivity contribution in [2.24, 2.45) is 11.8 Å². The Kier molecular flexibility index (Phi) is 5.32. The lowest BCUT2D eigenvalue weighted by Crippen LogP contribution is -2.48. The predicted molar refractivity (Wildman–Crippen MR) is 97.5 cm³/mol. The molecule has 1 aromatic rings. The number of aromatic nitrogens is 1. The summed E-state index contributed by atoms with van der Waals surface area (Å²) in [6.07, 6.45) is 13.6. The van der Waals surface area contributed by atoms with E-state index < -0.39 is 0 Å². The van der Waals surface area contributed by atoms with E-state index in [1.54, 1.807) is 0 Å². The molecule has 0 spiro atoms. The number of likely N-dealkylation sites (tertiary alicyclic amines) is 1. The number of amides is 1. The summed E-state index contributed by atoms with van der Waals surface area (Å²) >= 11 is 0.